The Kier molecular flexibility index (Phi) is 4.29. The zero-order valence-corrected chi connectivity index (χ0v) is 12.0. The van der Waals surface area contributed by atoms with Crippen molar-refractivity contribution in [3.05, 3.63) is 46.2 Å². The van der Waals surface area contributed by atoms with Gasteiger partial charge in [0.1, 0.15) is 17.9 Å². The highest BCUT2D eigenvalue weighted by Gasteiger charge is 2.15. The molecule has 0 amide bonds. The molecular weight excluding hydrogens is 280 g/mol. The van der Waals surface area contributed by atoms with Gasteiger partial charge in [0.05, 0.1) is 11.9 Å². The molecular formula is C14H15ClN2O3. The Bertz CT molecular complexity index is 637. The Hall–Kier alpha value is -2.01. The molecule has 0 radical (unpaired) electrons. The summed E-state index contributed by atoms with van der Waals surface area (Å²) in [7, 11) is 1.68. The molecule has 0 saturated carbocycles. The van der Waals surface area contributed by atoms with E-state index in [-0.39, 0.29) is 12.2 Å². The molecule has 1 heterocycles. The Labute approximate surface area is 121 Å². The average Bonchev–Trinajstić information content (AvgIpc) is 2.79. The molecule has 0 aliphatic carbocycles. The molecule has 0 aliphatic heterocycles. The van der Waals surface area contributed by atoms with Crippen LogP contribution in [0.25, 0.3) is 0 Å². The lowest BCUT2D eigenvalue weighted by atomic mass is 10.1. The Balaban J connectivity index is 2.17. The van der Waals surface area contributed by atoms with Crippen molar-refractivity contribution < 1.29 is 14.6 Å². The van der Waals surface area contributed by atoms with E-state index in [1.165, 1.54) is 10.9 Å². The lowest BCUT2D eigenvalue weighted by molar-refractivity contribution is 0.0693. The van der Waals surface area contributed by atoms with Crippen molar-refractivity contribution in [2.75, 3.05) is 0 Å². The van der Waals surface area contributed by atoms with Crippen molar-refractivity contribution in [2.24, 2.45) is 7.05 Å². The molecule has 0 saturated heterocycles. The van der Waals surface area contributed by atoms with Crippen LogP contribution in [0.1, 0.15) is 28.5 Å². The highest BCUT2D eigenvalue weighted by Crippen LogP contribution is 2.23. The van der Waals surface area contributed by atoms with Gasteiger partial charge in [0.25, 0.3) is 0 Å². The molecule has 1 aromatic carbocycles. The maximum absolute atomic E-state index is 11.1. The highest BCUT2D eigenvalue weighted by molar-refractivity contribution is 6.31. The molecule has 0 fully saturated rings. The van der Waals surface area contributed by atoms with Crippen LogP contribution in [-0.2, 0) is 20.1 Å². The van der Waals surface area contributed by atoms with Crippen LogP contribution in [0.2, 0.25) is 5.02 Å². The number of nitrogens with zero attached hydrogens (tertiary/aromatic N) is 2. The van der Waals surface area contributed by atoms with E-state index in [9.17, 15) is 4.79 Å². The van der Waals surface area contributed by atoms with Crippen LogP contribution in [0.4, 0.5) is 0 Å². The summed E-state index contributed by atoms with van der Waals surface area (Å²) in [4.78, 5) is 11.1. The molecule has 0 unspecified atom stereocenters. The zero-order chi connectivity index (χ0) is 14.7. The van der Waals surface area contributed by atoms with E-state index in [0.29, 0.717) is 16.5 Å². The van der Waals surface area contributed by atoms with Gasteiger partial charge in [-0.25, -0.2) is 4.79 Å². The number of carboxylic acids is 1. The average molecular weight is 295 g/mol. The van der Waals surface area contributed by atoms with Gasteiger partial charge in [-0.15, -0.1) is 0 Å². The maximum Gasteiger partial charge on any atom is 0.339 e. The van der Waals surface area contributed by atoms with Crippen LogP contribution < -0.4 is 4.74 Å². The summed E-state index contributed by atoms with van der Waals surface area (Å²) in [5, 5.41) is 13.7. The fourth-order valence-corrected chi connectivity index (χ4v) is 2.13. The largest absolute Gasteiger partial charge is 0.487 e. The quantitative estimate of drug-likeness (QED) is 0.921. The number of aromatic carboxylic acids is 1. The SMILES string of the molecule is CCc1cc(OCc2c(C(=O)O)cnn2C)ccc1Cl. The summed E-state index contributed by atoms with van der Waals surface area (Å²) >= 11 is 6.04. The summed E-state index contributed by atoms with van der Waals surface area (Å²) in [6, 6.07) is 5.40. The summed E-state index contributed by atoms with van der Waals surface area (Å²) in [5.74, 6) is -0.356. The number of carbonyl (C=O) groups is 1. The number of hydrogen-bond donors (Lipinski definition) is 1. The summed E-state index contributed by atoms with van der Waals surface area (Å²) < 4.78 is 7.14. The van der Waals surface area contributed by atoms with Crippen molar-refractivity contribution in [3.63, 3.8) is 0 Å². The minimum absolute atomic E-state index is 0.142. The van der Waals surface area contributed by atoms with Crippen LogP contribution in [0.3, 0.4) is 0 Å². The predicted octanol–water partition coefficient (Wildman–Crippen LogP) is 2.91. The first-order chi connectivity index (χ1) is 9.52. The molecule has 0 atom stereocenters. The lowest BCUT2D eigenvalue weighted by Gasteiger charge is -2.09. The van der Waals surface area contributed by atoms with E-state index in [0.717, 1.165) is 12.0 Å². The van der Waals surface area contributed by atoms with Gasteiger partial charge in [0.15, 0.2) is 0 Å². The fraction of sp³-hybridized carbons (Fsp3) is 0.286. The topological polar surface area (TPSA) is 64.3 Å². The van der Waals surface area contributed by atoms with Crippen molar-refractivity contribution in [3.8, 4) is 5.75 Å². The van der Waals surface area contributed by atoms with E-state index in [2.05, 4.69) is 5.10 Å². The molecule has 0 spiro atoms. The zero-order valence-electron chi connectivity index (χ0n) is 11.3. The maximum atomic E-state index is 11.1. The number of benzene rings is 1. The number of aromatic nitrogens is 2. The number of carboxylic acid groups (broad SMARTS) is 1. The molecule has 20 heavy (non-hydrogen) atoms. The molecule has 1 aromatic heterocycles. The number of hydrogen-bond acceptors (Lipinski definition) is 3. The molecule has 0 bridgehead atoms. The third-order valence-electron chi connectivity index (χ3n) is 3.07. The molecule has 1 N–H and O–H groups in total. The number of rotatable bonds is 5. The first-order valence-electron chi connectivity index (χ1n) is 6.18. The lowest BCUT2D eigenvalue weighted by Crippen LogP contribution is -2.08. The second-order valence-corrected chi connectivity index (χ2v) is 4.74. The predicted molar refractivity (Wildman–Crippen MR) is 75.3 cm³/mol. The normalized spacial score (nSPS) is 10.6. The van der Waals surface area contributed by atoms with E-state index in [1.54, 1.807) is 19.2 Å². The Morgan fingerprint density at radius 3 is 2.90 bits per heavy atom. The molecule has 5 nitrogen and oxygen atoms in total. The van der Waals surface area contributed by atoms with Gasteiger partial charge in [-0.05, 0) is 30.2 Å². The highest BCUT2D eigenvalue weighted by atomic mass is 35.5. The minimum Gasteiger partial charge on any atom is -0.487 e. The minimum atomic E-state index is -1.01. The van der Waals surface area contributed by atoms with Crippen LogP contribution in [-0.4, -0.2) is 20.9 Å². The van der Waals surface area contributed by atoms with E-state index >= 15 is 0 Å². The Morgan fingerprint density at radius 2 is 2.25 bits per heavy atom. The van der Waals surface area contributed by atoms with Crippen molar-refractivity contribution in [1.29, 1.82) is 0 Å². The second-order valence-electron chi connectivity index (χ2n) is 4.33. The molecule has 0 aliphatic rings. The summed E-state index contributed by atoms with van der Waals surface area (Å²) in [6.45, 7) is 2.15. The molecule has 2 aromatic rings. The molecule has 2 rings (SSSR count). The van der Waals surface area contributed by atoms with Gasteiger partial charge in [0.2, 0.25) is 0 Å². The van der Waals surface area contributed by atoms with E-state index in [1.807, 2.05) is 13.0 Å². The van der Waals surface area contributed by atoms with Gasteiger partial charge in [-0.1, -0.05) is 18.5 Å². The molecule has 6 heteroatoms. The van der Waals surface area contributed by atoms with Crippen molar-refractivity contribution in [1.82, 2.24) is 9.78 Å². The molecule has 106 valence electrons. The van der Waals surface area contributed by atoms with Crippen molar-refractivity contribution in [2.45, 2.75) is 20.0 Å². The summed E-state index contributed by atoms with van der Waals surface area (Å²) in [6.07, 6.45) is 2.13. The third-order valence-corrected chi connectivity index (χ3v) is 3.43. The third kappa shape index (κ3) is 2.93. The van der Waals surface area contributed by atoms with Gasteiger partial charge < -0.3 is 9.84 Å². The smallest absolute Gasteiger partial charge is 0.339 e. The standard InChI is InChI=1S/C14H15ClN2O3/c1-3-9-6-10(4-5-12(9)15)20-8-13-11(14(18)19)7-16-17(13)2/h4-7H,3,8H2,1-2H3,(H,18,19). The van der Waals surface area contributed by atoms with Gasteiger partial charge in [-0.2, -0.15) is 5.10 Å². The van der Waals surface area contributed by atoms with Gasteiger partial charge >= 0.3 is 5.97 Å². The number of aryl methyl sites for hydroxylation is 2. The van der Waals surface area contributed by atoms with Gasteiger partial charge in [-0.3, -0.25) is 4.68 Å². The second kappa shape index (κ2) is 5.96. The van der Waals surface area contributed by atoms with E-state index in [4.69, 9.17) is 21.4 Å². The first-order valence-corrected chi connectivity index (χ1v) is 6.56. The fourth-order valence-electron chi connectivity index (χ4n) is 1.88. The van der Waals surface area contributed by atoms with Gasteiger partial charge in [0, 0.05) is 12.1 Å². The van der Waals surface area contributed by atoms with E-state index < -0.39 is 5.97 Å². The first kappa shape index (κ1) is 14.4. The summed E-state index contributed by atoms with van der Waals surface area (Å²) in [5.41, 5.74) is 1.66. The number of halogens is 1. The van der Waals surface area contributed by atoms with Crippen LogP contribution in [0, 0.1) is 0 Å². The Morgan fingerprint density at radius 1 is 1.50 bits per heavy atom. The number of ether oxygens (including phenoxy) is 1. The monoisotopic (exact) mass is 294 g/mol. The van der Waals surface area contributed by atoms with Crippen LogP contribution >= 0.6 is 11.6 Å². The van der Waals surface area contributed by atoms with Crippen LogP contribution in [0.5, 0.6) is 5.75 Å². The van der Waals surface area contributed by atoms with Crippen LogP contribution in [0.15, 0.2) is 24.4 Å². The van der Waals surface area contributed by atoms with Crippen molar-refractivity contribution >= 4 is 17.6 Å².